The fraction of sp³-hybridized carbons (Fsp3) is 0.667. The van der Waals surface area contributed by atoms with Crippen LogP contribution in [-0.4, -0.2) is 0 Å². The van der Waals surface area contributed by atoms with Gasteiger partial charge in [0.25, 0.3) is 0 Å². The highest BCUT2D eigenvalue weighted by atomic mass is 32.1. The van der Waals surface area contributed by atoms with Gasteiger partial charge in [0, 0.05) is 4.88 Å². The van der Waals surface area contributed by atoms with Crippen LogP contribution in [-0.2, 0) is 6.42 Å². The maximum Gasteiger partial charge on any atom is 0.00452 e. The molecule has 1 rings (SSSR count). The molecular weight excluding hydrogens is 176 g/mol. The molecule has 0 nitrogen and oxygen atoms in total. The third kappa shape index (κ3) is 5.09. The molecule has 0 N–H and O–H groups in total. The molecular formula is C12H20S. The van der Waals surface area contributed by atoms with Gasteiger partial charge in [0.1, 0.15) is 0 Å². The number of unbranched alkanes of at least 4 members (excludes halogenated alkanes) is 2. The number of hydrogen-bond donors (Lipinski definition) is 0. The lowest BCUT2D eigenvalue weighted by Gasteiger charge is -2.03. The Bertz CT molecular complexity index is 199. The Morgan fingerprint density at radius 3 is 2.69 bits per heavy atom. The number of hydrogen-bond acceptors (Lipinski definition) is 1. The van der Waals surface area contributed by atoms with E-state index in [1.165, 1.54) is 32.1 Å². The predicted molar refractivity (Wildman–Crippen MR) is 61.3 cm³/mol. The second-order valence-corrected chi connectivity index (χ2v) is 5.10. The molecule has 1 heterocycles. The average Bonchev–Trinajstić information content (AvgIpc) is 2.55. The van der Waals surface area contributed by atoms with Gasteiger partial charge in [-0.1, -0.05) is 39.2 Å². The van der Waals surface area contributed by atoms with Crippen LogP contribution in [0.25, 0.3) is 0 Å². The van der Waals surface area contributed by atoms with Crippen molar-refractivity contribution in [2.75, 3.05) is 0 Å². The molecule has 13 heavy (non-hydrogen) atoms. The fourth-order valence-electron chi connectivity index (χ4n) is 1.48. The zero-order valence-corrected chi connectivity index (χ0v) is 9.57. The van der Waals surface area contributed by atoms with Crippen LogP contribution in [0.5, 0.6) is 0 Å². The van der Waals surface area contributed by atoms with Crippen LogP contribution in [0.4, 0.5) is 0 Å². The van der Waals surface area contributed by atoms with Gasteiger partial charge in [0.05, 0.1) is 0 Å². The normalized spacial score (nSPS) is 11.0. The first-order valence-electron chi connectivity index (χ1n) is 5.31. The van der Waals surface area contributed by atoms with Gasteiger partial charge < -0.3 is 0 Å². The van der Waals surface area contributed by atoms with Gasteiger partial charge in [-0.2, -0.15) is 0 Å². The smallest absolute Gasteiger partial charge is 0.00452 e. The third-order valence-corrected chi connectivity index (χ3v) is 3.22. The zero-order valence-electron chi connectivity index (χ0n) is 8.75. The molecule has 1 aromatic rings. The summed E-state index contributed by atoms with van der Waals surface area (Å²) in [5, 5.41) is 2.17. The number of rotatable bonds is 6. The van der Waals surface area contributed by atoms with Crippen LogP contribution in [0.3, 0.4) is 0 Å². The summed E-state index contributed by atoms with van der Waals surface area (Å²) in [5.74, 6) is 0.877. The Labute approximate surface area is 86.0 Å². The summed E-state index contributed by atoms with van der Waals surface area (Å²) in [4.78, 5) is 1.55. The van der Waals surface area contributed by atoms with Crippen LogP contribution in [0, 0.1) is 5.92 Å². The molecule has 0 aromatic carbocycles. The largest absolute Gasteiger partial charge is 0.149 e. The maximum atomic E-state index is 2.30. The van der Waals surface area contributed by atoms with Gasteiger partial charge in [-0.3, -0.25) is 0 Å². The van der Waals surface area contributed by atoms with E-state index in [0.717, 1.165) is 5.92 Å². The van der Waals surface area contributed by atoms with Crippen molar-refractivity contribution in [1.29, 1.82) is 0 Å². The molecule has 0 fully saturated rings. The van der Waals surface area contributed by atoms with E-state index in [1.807, 2.05) is 11.3 Å². The van der Waals surface area contributed by atoms with Crippen LogP contribution >= 0.6 is 11.3 Å². The van der Waals surface area contributed by atoms with Crippen molar-refractivity contribution in [3.63, 3.8) is 0 Å². The van der Waals surface area contributed by atoms with E-state index in [9.17, 15) is 0 Å². The Hall–Kier alpha value is -0.300. The lowest BCUT2D eigenvalue weighted by Crippen LogP contribution is -1.88. The van der Waals surface area contributed by atoms with Gasteiger partial charge in [-0.25, -0.2) is 0 Å². The summed E-state index contributed by atoms with van der Waals surface area (Å²) in [6, 6.07) is 4.39. The Morgan fingerprint density at radius 1 is 1.23 bits per heavy atom. The van der Waals surface area contributed by atoms with Crippen LogP contribution < -0.4 is 0 Å². The van der Waals surface area contributed by atoms with Crippen LogP contribution in [0.1, 0.15) is 44.4 Å². The van der Waals surface area contributed by atoms with Crippen molar-refractivity contribution in [2.45, 2.75) is 46.0 Å². The van der Waals surface area contributed by atoms with Gasteiger partial charge in [0.15, 0.2) is 0 Å². The lowest BCUT2D eigenvalue weighted by molar-refractivity contribution is 0.528. The topological polar surface area (TPSA) is 0 Å². The molecule has 1 heteroatoms. The van der Waals surface area contributed by atoms with E-state index in [2.05, 4.69) is 31.4 Å². The Kier molecular flexibility index (Phi) is 5.14. The highest BCUT2D eigenvalue weighted by molar-refractivity contribution is 7.09. The minimum atomic E-state index is 0.877. The summed E-state index contributed by atoms with van der Waals surface area (Å²) in [6.07, 6.45) is 6.85. The molecule has 0 unspecified atom stereocenters. The molecule has 0 spiro atoms. The molecule has 0 saturated carbocycles. The Balaban J connectivity index is 1.96. The van der Waals surface area contributed by atoms with Crippen molar-refractivity contribution in [2.24, 2.45) is 5.92 Å². The average molecular weight is 196 g/mol. The maximum absolute atomic E-state index is 2.30. The molecule has 0 saturated heterocycles. The minimum absolute atomic E-state index is 0.877. The second kappa shape index (κ2) is 6.20. The highest BCUT2D eigenvalue weighted by Gasteiger charge is 1.96. The van der Waals surface area contributed by atoms with E-state index in [-0.39, 0.29) is 0 Å². The summed E-state index contributed by atoms with van der Waals surface area (Å²) in [5.41, 5.74) is 0. The van der Waals surface area contributed by atoms with Gasteiger partial charge in [0.2, 0.25) is 0 Å². The monoisotopic (exact) mass is 196 g/mol. The molecule has 0 radical (unpaired) electrons. The highest BCUT2D eigenvalue weighted by Crippen LogP contribution is 2.14. The molecule has 0 aliphatic heterocycles. The standard InChI is InChI=1S/C12H20S/c1-11(2)7-4-3-5-8-12-9-6-10-13-12/h6,9-11H,3-5,7-8H2,1-2H3. The minimum Gasteiger partial charge on any atom is -0.149 e. The number of thiophene rings is 1. The molecule has 0 aliphatic rings. The van der Waals surface area contributed by atoms with E-state index in [4.69, 9.17) is 0 Å². The van der Waals surface area contributed by atoms with Crippen molar-refractivity contribution >= 4 is 11.3 Å². The summed E-state index contributed by atoms with van der Waals surface area (Å²) < 4.78 is 0. The SMILES string of the molecule is CC(C)CCCCCc1cccs1. The lowest BCUT2D eigenvalue weighted by atomic mass is 10.0. The Morgan fingerprint density at radius 2 is 2.08 bits per heavy atom. The van der Waals surface area contributed by atoms with E-state index < -0.39 is 0 Å². The van der Waals surface area contributed by atoms with E-state index >= 15 is 0 Å². The summed E-state index contributed by atoms with van der Waals surface area (Å²) in [7, 11) is 0. The molecule has 0 bridgehead atoms. The third-order valence-electron chi connectivity index (χ3n) is 2.28. The fourth-order valence-corrected chi connectivity index (χ4v) is 2.23. The molecule has 0 aliphatic carbocycles. The summed E-state index contributed by atoms with van der Waals surface area (Å²) >= 11 is 1.89. The van der Waals surface area contributed by atoms with Crippen LogP contribution in [0.15, 0.2) is 17.5 Å². The van der Waals surface area contributed by atoms with Gasteiger partial charge >= 0.3 is 0 Å². The van der Waals surface area contributed by atoms with Crippen molar-refractivity contribution < 1.29 is 0 Å². The van der Waals surface area contributed by atoms with Crippen molar-refractivity contribution in [3.05, 3.63) is 22.4 Å². The first-order chi connectivity index (χ1) is 6.29. The van der Waals surface area contributed by atoms with Crippen molar-refractivity contribution in [3.8, 4) is 0 Å². The van der Waals surface area contributed by atoms with E-state index in [0.29, 0.717) is 0 Å². The quantitative estimate of drug-likeness (QED) is 0.587. The molecule has 0 atom stereocenters. The van der Waals surface area contributed by atoms with Crippen molar-refractivity contribution in [1.82, 2.24) is 0 Å². The number of aryl methyl sites for hydroxylation is 1. The second-order valence-electron chi connectivity index (χ2n) is 4.07. The van der Waals surface area contributed by atoms with Crippen LogP contribution in [0.2, 0.25) is 0 Å². The van der Waals surface area contributed by atoms with Gasteiger partial charge in [-0.05, 0) is 30.2 Å². The van der Waals surface area contributed by atoms with E-state index in [1.54, 1.807) is 4.88 Å². The molecule has 0 amide bonds. The summed E-state index contributed by atoms with van der Waals surface area (Å²) in [6.45, 7) is 4.61. The zero-order chi connectivity index (χ0) is 9.52. The predicted octanol–water partition coefficient (Wildman–Crippen LogP) is 4.51. The molecule has 74 valence electrons. The first kappa shape index (κ1) is 10.8. The van der Waals surface area contributed by atoms with Gasteiger partial charge in [-0.15, -0.1) is 11.3 Å². The molecule has 1 aromatic heterocycles. The first-order valence-corrected chi connectivity index (χ1v) is 6.19.